The normalized spacial score (nSPS) is 11.2. The van der Waals surface area contributed by atoms with Gasteiger partial charge in [-0.25, -0.2) is 9.78 Å². The van der Waals surface area contributed by atoms with Crippen LogP contribution < -0.4 is 5.32 Å². The highest BCUT2D eigenvalue weighted by Crippen LogP contribution is 2.23. The maximum absolute atomic E-state index is 12.7. The minimum atomic E-state index is -0.563. The number of rotatable bonds is 7. The topological polar surface area (TPSA) is 71.5 Å². The van der Waals surface area contributed by atoms with Crippen molar-refractivity contribution >= 4 is 29.0 Å². The van der Waals surface area contributed by atoms with Crippen LogP contribution >= 0.6 is 11.3 Å². The Kier molecular flexibility index (Phi) is 7.87. The van der Waals surface area contributed by atoms with Crippen LogP contribution in [0.4, 0.5) is 10.5 Å². The first-order chi connectivity index (χ1) is 15.6. The number of nitrogens with zero attached hydrogens (tertiary/aromatic N) is 2. The molecule has 0 spiro atoms. The van der Waals surface area contributed by atoms with Crippen LogP contribution in [0.2, 0.25) is 0 Å². The van der Waals surface area contributed by atoms with Crippen molar-refractivity contribution in [1.82, 2.24) is 9.88 Å². The van der Waals surface area contributed by atoms with E-state index < -0.39 is 5.60 Å². The number of carbonyl (C=O) groups excluding carboxylic acids is 2. The van der Waals surface area contributed by atoms with Crippen molar-refractivity contribution in [2.24, 2.45) is 0 Å². The summed E-state index contributed by atoms with van der Waals surface area (Å²) in [5, 5.41) is 6.06. The molecule has 0 saturated heterocycles. The van der Waals surface area contributed by atoms with Crippen LogP contribution in [0, 0.1) is 6.92 Å². The van der Waals surface area contributed by atoms with E-state index in [-0.39, 0.29) is 18.4 Å². The number of aromatic nitrogens is 1. The Morgan fingerprint density at radius 2 is 1.79 bits per heavy atom. The van der Waals surface area contributed by atoms with Gasteiger partial charge in [0.25, 0.3) is 0 Å². The van der Waals surface area contributed by atoms with E-state index in [0.717, 1.165) is 27.4 Å². The molecule has 0 atom stereocenters. The maximum atomic E-state index is 12.7. The van der Waals surface area contributed by atoms with Crippen LogP contribution in [-0.4, -0.2) is 34.0 Å². The van der Waals surface area contributed by atoms with E-state index >= 15 is 0 Å². The molecule has 0 aliphatic rings. The molecule has 0 aliphatic carbocycles. The second kappa shape index (κ2) is 10.6. The number of amides is 2. The van der Waals surface area contributed by atoms with E-state index in [1.807, 2.05) is 88.5 Å². The lowest BCUT2D eigenvalue weighted by Crippen LogP contribution is -2.36. The summed E-state index contributed by atoms with van der Waals surface area (Å²) >= 11 is 1.62. The second-order valence-electron chi connectivity index (χ2n) is 8.83. The molecule has 7 heteroatoms. The van der Waals surface area contributed by atoms with Crippen molar-refractivity contribution in [3.05, 3.63) is 70.0 Å². The van der Waals surface area contributed by atoms with Crippen LogP contribution in [0.3, 0.4) is 0 Å². The summed E-state index contributed by atoms with van der Waals surface area (Å²) in [5.41, 5.74) is 3.89. The molecule has 3 rings (SSSR count). The number of nitrogens with one attached hydrogen (secondary N) is 1. The predicted molar refractivity (Wildman–Crippen MR) is 133 cm³/mol. The Morgan fingerprint density at radius 1 is 1.09 bits per heavy atom. The molecule has 6 nitrogen and oxygen atoms in total. The largest absolute Gasteiger partial charge is 0.444 e. The van der Waals surface area contributed by atoms with Gasteiger partial charge in [-0.2, -0.15) is 0 Å². The van der Waals surface area contributed by atoms with E-state index in [1.165, 1.54) is 0 Å². The van der Waals surface area contributed by atoms with Crippen molar-refractivity contribution in [3.8, 4) is 11.3 Å². The number of para-hydroxylation sites is 1. The Bertz CT molecular complexity index is 1100. The van der Waals surface area contributed by atoms with E-state index in [4.69, 9.17) is 4.74 Å². The molecule has 1 aromatic heterocycles. The first-order valence-electron chi connectivity index (χ1n) is 11.0. The third kappa shape index (κ3) is 7.15. The Hall–Kier alpha value is -3.19. The summed E-state index contributed by atoms with van der Waals surface area (Å²) in [6, 6.07) is 15.4. The molecule has 2 aromatic carbocycles. The molecule has 33 heavy (non-hydrogen) atoms. The SMILES string of the molecule is CCN(Cc1ccccc1NC(=O)Cc1ccc(-c2csc(C)n2)cc1)C(=O)OC(C)(C)C. The zero-order valence-corrected chi connectivity index (χ0v) is 20.7. The quantitative estimate of drug-likeness (QED) is 0.461. The molecule has 0 saturated carbocycles. The van der Waals surface area contributed by atoms with Crippen LogP contribution in [0.5, 0.6) is 0 Å². The fraction of sp³-hybridized carbons (Fsp3) is 0.346. The summed E-state index contributed by atoms with van der Waals surface area (Å²) in [5.74, 6) is -0.111. The predicted octanol–water partition coefficient (Wildman–Crippen LogP) is 6.06. The van der Waals surface area contributed by atoms with Gasteiger partial charge in [0.2, 0.25) is 5.91 Å². The molecule has 174 valence electrons. The Labute approximate surface area is 199 Å². The standard InChI is InChI=1S/C26H31N3O3S/c1-6-29(25(31)32-26(3,4)5)16-21-9-7-8-10-22(21)28-24(30)15-19-11-13-20(14-12-19)23-17-33-18(2)27-23/h7-14,17H,6,15-16H2,1-5H3,(H,28,30). The number of thiazole rings is 1. The number of carbonyl (C=O) groups is 2. The van der Waals surface area contributed by atoms with Gasteiger partial charge in [0, 0.05) is 23.2 Å². The molecule has 1 heterocycles. The lowest BCUT2D eigenvalue weighted by atomic mass is 10.1. The highest BCUT2D eigenvalue weighted by Gasteiger charge is 2.22. The minimum absolute atomic E-state index is 0.111. The van der Waals surface area contributed by atoms with E-state index in [0.29, 0.717) is 18.8 Å². The molecular weight excluding hydrogens is 434 g/mol. The summed E-state index contributed by atoms with van der Waals surface area (Å²) < 4.78 is 5.50. The fourth-order valence-electron chi connectivity index (χ4n) is 3.29. The van der Waals surface area contributed by atoms with Crippen LogP contribution in [-0.2, 0) is 22.5 Å². The highest BCUT2D eigenvalue weighted by molar-refractivity contribution is 7.09. The minimum Gasteiger partial charge on any atom is -0.444 e. The lowest BCUT2D eigenvalue weighted by molar-refractivity contribution is -0.115. The van der Waals surface area contributed by atoms with Crippen LogP contribution in [0.25, 0.3) is 11.3 Å². The van der Waals surface area contributed by atoms with Gasteiger partial charge < -0.3 is 15.0 Å². The zero-order chi connectivity index (χ0) is 24.0. The van der Waals surface area contributed by atoms with E-state index in [2.05, 4.69) is 10.3 Å². The van der Waals surface area contributed by atoms with Gasteiger partial charge in [0.05, 0.1) is 23.7 Å². The summed E-state index contributed by atoms with van der Waals surface area (Å²) in [6.07, 6.45) is -0.115. The molecule has 0 bridgehead atoms. The monoisotopic (exact) mass is 465 g/mol. The number of hydrogen-bond donors (Lipinski definition) is 1. The number of hydrogen-bond acceptors (Lipinski definition) is 5. The van der Waals surface area contributed by atoms with Gasteiger partial charge in [-0.3, -0.25) is 4.79 Å². The van der Waals surface area contributed by atoms with Crippen molar-refractivity contribution in [1.29, 1.82) is 0 Å². The van der Waals surface area contributed by atoms with Gasteiger partial charge in [0.1, 0.15) is 5.60 Å². The van der Waals surface area contributed by atoms with Gasteiger partial charge in [-0.15, -0.1) is 11.3 Å². The molecular formula is C26H31N3O3S. The summed E-state index contributed by atoms with van der Waals surface area (Å²) in [6.45, 7) is 10.3. The smallest absolute Gasteiger partial charge is 0.410 e. The maximum Gasteiger partial charge on any atom is 0.410 e. The van der Waals surface area contributed by atoms with Crippen molar-refractivity contribution in [2.75, 3.05) is 11.9 Å². The Morgan fingerprint density at radius 3 is 2.39 bits per heavy atom. The number of aryl methyl sites for hydroxylation is 1. The van der Waals surface area contributed by atoms with Gasteiger partial charge in [-0.1, -0.05) is 42.5 Å². The fourth-order valence-corrected chi connectivity index (χ4v) is 3.91. The second-order valence-corrected chi connectivity index (χ2v) is 9.89. The number of anilines is 1. The zero-order valence-electron chi connectivity index (χ0n) is 19.8. The van der Waals surface area contributed by atoms with Crippen LogP contribution in [0.15, 0.2) is 53.9 Å². The van der Waals surface area contributed by atoms with Gasteiger partial charge in [-0.05, 0) is 51.8 Å². The van der Waals surface area contributed by atoms with Gasteiger partial charge >= 0.3 is 6.09 Å². The van der Waals surface area contributed by atoms with Crippen molar-refractivity contribution in [3.63, 3.8) is 0 Å². The van der Waals surface area contributed by atoms with E-state index in [1.54, 1.807) is 16.2 Å². The molecule has 0 fully saturated rings. The summed E-state index contributed by atoms with van der Waals surface area (Å²) in [7, 11) is 0. The average molecular weight is 466 g/mol. The van der Waals surface area contributed by atoms with Gasteiger partial charge in [0.15, 0.2) is 0 Å². The van der Waals surface area contributed by atoms with E-state index in [9.17, 15) is 9.59 Å². The lowest BCUT2D eigenvalue weighted by Gasteiger charge is -2.27. The Balaban J connectivity index is 1.65. The number of benzene rings is 2. The van der Waals surface area contributed by atoms with Crippen molar-refractivity contribution in [2.45, 2.75) is 53.2 Å². The molecule has 0 unspecified atom stereocenters. The molecule has 1 N–H and O–H groups in total. The molecule has 0 aliphatic heterocycles. The third-order valence-electron chi connectivity index (χ3n) is 4.92. The average Bonchev–Trinajstić information content (AvgIpc) is 3.18. The van der Waals surface area contributed by atoms with Crippen molar-refractivity contribution < 1.29 is 14.3 Å². The molecule has 0 radical (unpaired) electrons. The first kappa shape index (κ1) is 24.5. The molecule has 3 aromatic rings. The number of ether oxygens (including phenoxy) is 1. The third-order valence-corrected chi connectivity index (χ3v) is 5.69. The molecule has 2 amide bonds. The first-order valence-corrected chi connectivity index (χ1v) is 11.9. The van der Waals surface area contributed by atoms with Crippen LogP contribution in [0.1, 0.15) is 43.8 Å². The summed E-state index contributed by atoms with van der Waals surface area (Å²) in [4.78, 5) is 31.4. The highest BCUT2D eigenvalue weighted by atomic mass is 32.1.